The van der Waals surface area contributed by atoms with Crippen molar-refractivity contribution in [2.75, 3.05) is 5.75 Å². The lowest BCUT2D eigenvalue weighted by molar-refractivity contribution is -0.151. The van der Waals surface area contributed by atoms with Crippen LogP contribution in [0.2, 0.25) is 0 Å². The minimum atomic E-state index is -0.701. The van der Waals surface area contributed by atoms with Gasteiger partial charge in [0.15, 0.2) is 11.9 Å². The average molecular weight is 323 g/mol. The maximum Gasteiger partial charge on any atom is 0.306 e. The zero-order valence-electron chi connectivity index (χ0n) is 11.6. The van der Waals surface area contributed by atoms with Gasteiger partial charge in [0, 0.05) is 24.8 Å². The predicted octanol–water partition coefficient (Wildman–Crippen LogP) is 3.43. The molecule has 1 atom stereocenters. The van der Waals surface area contributed by atoms with Crippen molar-refractivity contribution in [3.8, 4) is 0 Å². The van der Waals surface area contributed by atoms with Crippen LogP contribution in [0.25, 0.3) is 0 Å². The van der Waals surface area contributed by atoms with E-state index in [-0.39, 0.29) is 11.8 Å². The molecule has 0 saturated heterocycles. The average Bonchev–Trinajstić information content (AvgIpc) is 2.80. The van der Waals surface area contributed by atoms with Gasteiger partial charge in [-0.3, -0.25) is 9.59 Å². The molecule has 2 rings (SSSR count). The number of esters is 1. The Morgan fingerprint density at radius 1 is 1.43 bits per heavy atom. The molecule has 1 aliphatic rings. The summed E-state index contributed by atoms with van der Waals surface area (Å²) in [6, 6.07) is 5.77. The lowest BCUT2D eigenvalue weighted by Crippen LogP contribution is -2.23. The monoisotopic (exact) mass is 323 g/mol. The highest BCUT2D eigenvalue weighted by molar-refractivity contribution is 8.76. The van der Waals surface area contributed by atoms with E-state index in [1.807, 2.05) is 18.2 Å². The fraction of sp³-hybridized carbons (Fsp3) is 0.400. The molecule has 0 aromatic carbocycles. The Kier molecular flexibility index (Phi) is 6.32. The van der Waals surface area contributed by atoms with Gasteiger partial charge in [0.1, 0.15) is 5.03 Å². The molecule has 1 saturated carbocycles. The summed E-state index contributed by atoms with van der Waals surface area (Å²) in [6.45, 7) is 3.77. The molecule has 1 fully saturated rings. The number of hydrogen-bond donors (Lipinski definition) is 0. The van der Waals surface area contributed by atoms with Crippen molar-refractivity contribution >= 4 is 33.3 Å². The number of hydrogen-bond acceptors (Lipinski definition) is 6. The molecule has 0 spiro atoms. The molecule has 4 nitrogen and oxygen atoms in total. The first-order valence-electron chi connectivity index (χ1n) is 6.77. The molecule has 0 radical (unpaired) electrons. The van der Waals surface area contributed by atoms with Crippen molar-refractivity contribution in [2.45, 2.75) is 36.8 Å². The fourth-order valence-corrected chi connectivity index (χ4v) is 3.85. The Bertz CT molecular complexity index is 503. The molecule has 21 heavy (non-hydrogen) atoms. The summed E-state index contributed by atoms with van der Waals surface area (Å²) in [4.78, 5) is 27.4. The van der Waals surface area contributed by atoms with Crippen LogP contribution in [0.4, 0.5) is 0 Å². The van der Waals surface area contributed by atoms with Crippen molar-refractivity contribution in [3.05, 3.63) is 36.5 Å². The fourth-order valence-electron chi connectivity index (χ4n) is 1.89. The number of nitrogens with zero attached hydrogens (tertiary/aromatic N) is 1. The summed E-state index contributed by atoms with van der Waals surface area (Å²) >= 11 is 0. The van der Waals surface area contributed by atoms with Gasteiger partial charge in [0.2, 0.25) is 0 Å². The summed E-state index contributed by atoms with van der Waals surface area (Å²) in [7, 11) is 3.25. The summed E-state index contributed by atoms with van der Waals surface area (Å²) in [6.07, 6.45) is 3.17. The van der Waals surface area contributed by atoms with Gasteiger partial charge < -0.3 is 4.74 Å². The van der Waals surface area contributed by atoms with Crippen LogP contribution in [0, 0.1) is 0 Å². The van der Waals surface area contributed by atoms with Crippen LogP contribution >= 0.6 is 21.6 Å². The van der Waals surface area contributed by atoms with Crippen LogP contribution < -0.4 is 0 Å². The summed E-state index contributed by atoms with van der Waals surface area (Å²) in [5.74, 6) is 0.476. The molecule has 1 heterocycles. The summed E-state index contributed by atoms with van der Waals surface area (Å²) < 4.78 is 5.18. The number of Topliss-reactive ketones (excluding diaryl/α,β-unsaturated/α-hetero) is 1. The zero-order chi connectivity index (χ0) is 15.1. The SMILES string of the molecule is C=C1CCC(=O)C1OC(=O)CCCSSc1ccccn1. The van der Waals surface area contributed by atoms with Gasteiger partial charge >= 0.3 is 5.97 Å². The highest BCUT2D eigenvalue weighted by Crippen LogP contribution is 2.30. The molecule has 6 heteroatoms. The number of aromatic nitrogens is 1. The quantitative estimate of drug-likeness (QED) is 0.332. The van der Waals surface area contributed by atoms with Gasteiger partial charge in [-0.1, -0.05) is 23.4 Å². The Morgan fingerprint density at radius 2 is 2.29 bits per heavy atom. The van der Waals surface area contributed by atoms with Crippen LogP contribution in [0.1, 0.15) is 25.7 Å². The Labute approximate surface area is 132 Å². The molecule has 1 aromatic heterocycles. The smallest absolute Gasteiger partial charge is 0.306 e. The van der Waals surface area contributed by atoms with Crippen LogP contribution in [-0.2, 0) is 14.3 Å². The second-order valence-corrected chi connectivity index (χ2v) is 7.11. The van der Waals surface area contributed by atoms with Gasteiger partial charge in [-0.15, -0.1) is 0 Å². The van der Waals surface area contributed by atoms with Crippen molar-refractivity contribution in [3.63, 3.8) is 0 Å². The molecule has 0 aliphatic heterocycles. The first-order chi connectivity index (χ1) is 10.2. The number of ether oxygens (including phenoxy) is 1. The Morgan fingerprint density at radius 3 is 2.95 bits per heavy atom. The van der Waals surface area contributed by atoms with E-state index in [0.29, 0.717) is 24.8 Å². The molecule has 1 unspecified atom stereocenters. The summed E-state index contributed by atoms with van der Waals surface area (Å²) in [5.41, 5.74) is 0.716. The number of ketones is 1. The van der Waals surface area contributed by atoms with Gasteiger partial charge in [-0.2, -0.15) is 0 Å². The largest absolute Gasteiger partial charge is 0.450 e. The lowest BCUT2D eigenvalue weighted by Gasteiger charge is -2.11. The second-order valence-electron chi connectivity index (χ2n) is 4.67. The maximum atomic E-state index is 11.7. The number of carbonyl (C=O) groups excluding carboxylic acids is 2. The van der Waals surface area contributed by atoms with Gasteiger partial charge in [-0.05, 0) is 41.3 Å². The molecular weight excluding hydrogens is 306 g/mol. The minimum Gasteiger partial charge on any atom is -0.450 e. The van der Waals surface area contributed by atoms with E-state index in [1.165, 1.54) is 0 Å². The number of carbonyl (C=O) groups is 2. The molecule has 1 aliphatic carbocycles. The van der Waals surface area contributed by atoms with E-state index in [4.69, 9.17) is 4.74 Å². The van der Waals surface area contributed by atoms with E-state index >= 15 is 0 Å². The lowest BCUT2D eigenvalue weighted by atomic mass is 10.2. The number of pyridine rings is 1. The van der Waals surface area contributed by atoms with Crippen LogP contribution in [0.5, 0.6) is 0 Å². The van der Waals surface area contributed by atoms with Gasteiger partial charge in [-0.25, -0.2) is 4.98 Å². The van der Waals surface area contributed by atoms with Crippen LogP contribution in [0.3, 0.4) is 0 Å². The van der Waals surface area contributed by atoms with E-state index in [9.17, 15) is 9.59 Å². The standard InChI is InChI=1S/C15H17NO3S2/c1-11-7-8-12(17)15(11)19-14(18)6-4-10-20-21-13-5-2-3-9-16-13/h2-3,5,9,15H,1,4,6-8,10H2. The van der Waals surface area contributed by atoms with Crippen molar-refractivity contribution < 1.29 is 14.3 Å². The van der Waals surface area contributed by atoms with Crippen molar-refractivity contribution in [1.82, 2.24) is 4.98 Å². The normalized spacial score (nSPS) is 18.0. The van der Waals surface area contributed by atoms with Crippen molar-refractivity contribution in [1.29, 1.82) is 0 Å². The topological polar surface area (TPSA) is 56.3 Å². The Hall–Kier alpha value is -1.27. The number of rotatable bonds is 7. The molecule has 0 amide bonds. The van der Waals surface area contributed by atoms with E-state index in [0.717, 1.165) is 17.2 Å². The molecule has 0 bridgehead atoms. The van der Waals surface area contributed by atoms with E-state index in [1.54, 1.807) is 27.8 Å². The maximum absolute atomic E-state index is 11.7. The third-order valence-corrected chi connectivity index (χ3v) is 5.35. The highest BCUT2D eigenvalue weighted by atomic mass is 33.1. The zero-order valence-corrected chi connectivity index (χ0v) is 13.3. The minimum absolute atomic E-state index is 0.0339. The first-order valence-corrected chi connectivity index (χ1v) is 9.09. The molecular formula is C15H17NO3S2. The van der Waals surface area contributed by atoms with E-state index < -0.39 is 6.10 Å². The van der Waals surface area contributed by atoms with Gasteiger partial charge in [0.25, 0.3) is 0 Å². The molecule has 1 aromatic rings. The first kappa shape index (κ1) is 16.1. The Balaban J connectivity index is 1.59. The summed E-state index contributed by atoms with van der Waals surface area (Å²) in [5, 5.41) is 0.956. The highest BCUT2D eigenvalue weighted by Gasteiger charge is 2.31. The van der Waals surface area contributed by atoms with E-state index in [2.05, 4.69) is 11.6 Å². The van der Waals surface area contributed by atoms with Crippen LogP contribution in [-0.4, -0.2) is 28.6 Å². The molecule has 0 N–H and O–H groups in total. The van der Waals surface area contributed by atoms with Crippen LogP contribution in [0.15, 0.2) is 41.6 Å². The predicted molar refractivity (Wildman–Crippen MR) is 85.0 cm³/mol. The molecule has 112 valence electrons. The third-order valence-electron chi connectivity index (χ3n) is 3.00. The third kappa shape index (κ3) is 5.21. The van der Waals surface area contributed by atoms with Crippen molar-refractivity contribution in [2.24, 2.45) is 0 Å². The van der Waals surface area contributed by atoms with Gasteiger partial charge in [0.05, 0.1) is 0 Å². The second kappa shape index (κ2) is 8.24.